The Morgan fingerprint density at radius 3 is 2.77 bits per heavy atom. The summed E-state index contributed by atoms with van der Waals surface area (Å²) in [5, 5.41) is 4.24. The third kappa shape index (κ3) is 4.26. The van der Waals surface area contributed by atoms with Gasteiger partial charge >= 0.3 is 0 Å². The SMILES string of the molecule is COc1ccccc1CN1CCC[C@H]1c1nc(-c2ccc(N3CCOCC3)nc2)no1. The molecule has 0 unspecified atom stereocenters. The van der Waals surface area contributed by atoms with E-state index in [2.05, 4.69) is 26.0 Å². The van der Waals surface area contributed by atoms with Crippen molar-refractivity contribution in [3.05, 3.63) is 54.0 Å². The molecular weight excluding hydrogens is 394 g/mol. The Morgan fingerprint density at radius 1 is 1.10 bits per heavy atom. The second-order valence-electron chi connectivity index (χ2n) is 7.90. The molecule has 4 heterocycles. The van der Waals surface area contributed by atoms with Gasteiger partial charge in [0, 0.05) is 37.0 Å². The first-order valence-electron chi connectivity index (χ1n) is 10.8. The quantitative estimate of drug-likeness (QED) is 0.600. The Balaban J connectivity index is 1.30. The van der Waals surface area contributed by atoms with Crippen LogP contribution in [0.5, 0.6) is 5.75 Å². The van der Waals surface area contributed by atoms with E-state index in [1.807, 2.05) is 36.5 Å². The van der Waals surface area contributed by atoms with Crippen molar-refractivity contribution in [3.8, 4) is 17.1 Å². The van der Waals surface area contributed by atoms with E-state index in [0.29, 0.717) is 11.7 Å². The first-order chi connectivity index (χ1) is 15.3. The van der Waals surface area contributed by atoms with Crippen molar-refractivity contribution < 1.29 is 14.0 Å². The maximum absolute atomic E-state index is 5.69. The second-order valence-corrected chi connectivity index (χ2v) is 7.90. The number of hydrogen-bond donors (Lipinski definition) is 0. The van der Waals surface area contributed by atoms with Crippen LogP contribution in [0.15, 0.2) is 47.1 Å². The number of ether oxygens (including phenoxy) is 2. The van der Waals surface area contributed by atoms with Crippen LogP contribution >= 0.6 is 0 Å². The molecule has 0 aliphatic carbocycles. The number of likely N-dealkylation sites (tertiary alicyclic amines) is 1. The third-order valence-electron chi connectivity index (χ3n) is 6.00. The Hall–Kier alpha value is -2.97. The number of rotatable bonds is 6. The highest BCUT2D eigenvalue weighted by Gasteiger charge is 2.31. The van der Waals surface area contributed by atoms with Crippen LogP contribution in [0.4, 0.5) is 5.82 Å². The molecule has 162 valence electrons. The van der Waals surface area contributed by atoms with Crippen LogP contribution in [0, 0.1) is 0 Å². The molecule has 0 bridgehead atoms. The first-order valence-corrected chi connectivity index (χ1v) is 10.8. The number of morpholine rings is 1. The van der Waals surface area contributed by atoms with Gasteiger partial charge in [0.1, 0.15) is 11.6 Å². The second kappa shape index (κ2) is 9.03. The zero-order chi connectivity index (χ0) is 21.0. The average molecular weight is 422 g/mol. The predicted molar refractivity (Wildman–Crippen MR) is 116 cm³/mol. The molecule has 2 aliphatic rings. The molecule has 0 saturated carbocycles. The van der Waals surface area contributed by atoms with E-state index >= 15 is 0 Å². The molecule has 0 amide bonds. The molecule has 0 spiro atoms. The number of aromatic nitrogens is 3. The largest absolute Gasteiger partial charge is 0.496 e. The maximum atomic E-state index is 5.69. The number of pyridine rings is 1. The summed E-state index contributed by atoms with van der Waals surface area (Å²) in [4.78, 5) is 13.9. The lowest BCUT2D eigenvalue weighted by molar-refractivity contribution is 0.122. The highest BCUT2D eigenvalue weighted by Crippen LogP contribution is 2.34. The molecule has 2 fully saturated rings. The lowest BCUT2D eigenvalue weighted by Gasteiger charge is -2.27. The van der Waals surface area contributed by atoms with Crippen LogP contribution in [0.3, 0.4) is 0 Å². The zero-order valence-corrected chi connectivity index (χ0v) is 17.7. The van der Waals surface area contributed by atoms with E-state index in [0.717, 1.165) is 69.4 Å². The van der Waals surface area contributed by atoms with E-state index in [1.54, 1.807) is 7.11 Å². The molecule has 2 saturated heterocycles. The molecule has 31 heavy (non-hydrogen) atoms. The molecule has 2 aromatic heterocycles. The van der Waals surface area contributed by atoms with Gasteiger partial charge in [-0.05, 0) is 37.6 Å². The summed E-state index contributed by atoms with van der Waals surface area (Å²) < 4.78 is 16.6. The van der Waals surface area contributed by atoms with E-state index in [1.165, 1.54) is 5.56 Å². The van der Waals surface area contributed by atoms with Crippen molar-refractivity contribution >= 4 is 5.82 Å². The van der Waals surface area contributed by atoms with Crippen LogP contribution in [0.25, 0.3) is 11.4 Å². The number of nitrogens with zero attached hydrogens (tertiary/aromatic N) is 5. The summed E-state index contributed by atoms with van der Waals surface area (Å²) >= 11 is 0. The highest BCUT2D eigenvalue weighted by molar-refractivity contribution is 5.56. The Labute approximate surface area is 181 Å². The van der Waals surface area contributed by atoms with Gasteiger partial charge in [0.2, 0.25) is 11.7 Å². The lowest BCUT2D eigenvalue weighted by atomic mass is 10.1. The molecule has 1 aromatic carbocycles. The number of benzene rings is 1. The van der Waals surface area contributed by atoms with Gasteiger partial charge in [-0.1, -0.05) is 23.4 Å². The van der Waals surface area contributed by atoms with Crippen molar-refractivity contribution in [1.29, 1.82) is 0 Å². The van der Waals surface area contributed by atoms with Gasteiger partial charge in [-0.2, -0.15) is 4.98 Å². The molecule has 5 rings (SSSR count). The average Bonchev–Trinajstić information content (AvgIpc) is 3.50. The maximum Gasteiger partial charge on any atom is 0.244 e. The van der Waals surface area contributed by atoms with Gasteiger partial charge in [0.25, 0.3) is 0 Å². The first kappa shape index (κ1) is 20.0. The van der Waals surface area contributed by atoms with Crippen molar-refractivity contribution in [1.82, 2.24) is 20.0 Å². The molecule has 0 N–H and O–H groups in total. The van der Waals surface area contributed by atoms with Gasteiger partial charge in [0.05, 0.1) is 26.4 Å². The van der Waals surface area contributed by atoms with Crippen LogP contribution in [0.1, 0.15) is 30.3 Å². The van der Waals surface area contributed by atoms with Crippen LogP contribution in [-0.2, 0) is 11.3 Å². The molecule has 3 aromatic rings. The van der Waals surface area contributed by atoms with E-state index in [-0.39, 0.29) is 6.04 Å². The Bertz CT molecular complexity index is 1000. The van der Waals surface area contributed by atoms with Crippen molar-refractivity contribution in [2.45, 2.75) is 25.4 Å². The highest BCUT2D eigenvalue weighted by atomic mass is 16.5. The number of para-hydroxylation sites is 1. The monoisotopic (exact) mass is 421 g/mol. The van der Waals surface area contributed by atoms with E-state index in [4.69, 9.17) is 19.0 Å². The van der Waals surface area contributed by atoms with Gasteiger partial charge in [-0.3, -0.25) is 4.90 Å². The van der Waals surface area contributed by atoms with Gasteiger partial charge in [-0.25, -0.2) is 4.98 Å². The van der Waals surface area contributed by atoms with Crippen LogP contribution < -0.4 is 9.64 Å². The van der Waals surface area contributed by atoms with Crippen LogP contribution in [0.2, 0.25) is 0 Å². The van der Waals surface area contributed by atoms with Crippen molar-refractivity contribution in [2.24, 2.45) is 0 Å². The van der Waals surface area contributed by atoms with Gasteiger partial charge < -0.3 is 18.9 Å². The normalized spacial score (nSPS) is 19.6. The summed E-state index contributed by atoms with van der Waals surface area (Å²) in [5.41, 5.74) is 2.03. The zero-order valence-electron chi connectivity index (χ0n) is 17.7. The minimum atomic E-state index is 0.117. The number of anilines is 1. The smallest absolute Gasteiger partial charge is 0.244 e. The van der Waals surface area contributed by atoms with Crippen LogP contribution in [-0.4, -0.2) is 60.0 Å². The summed E-state index contributed by atoms with van der Waals surface area (Å²) in [6, 6.07) is 12.3. The summed E-state index contributed by atoms with van der Waals surface area (Å²) in [7, 11) is 1.71. The fourth-order valence-electron chi connectivity index (χ4n) is 4.33. The van der Waals surface area contributed by atoms with Crippen molar-refractivity contribution in [2.75, 3.05) is 44.9 Å². The van der Waals surface area contributed by atoms with E-state index in [9.17, 15) is 0 Å². The lowest BCUT2D eigenvalue weighted by Crippen LogP contribution is -2.36. The van der Waals surface area contributed by atoms with E-state index < -0.39 is 0 Å². The fourth-order valence-corrected chi connectivity index (χ4v) is 4.33. The number of hydrogen-bond acceptors (Lipinski definition) is 8. The topological polar surface area (TPSA) is 76.8 Å². The standard InChI is InChI=1S/C23H27N5O3/c1-29-20-7-3-2-5-18(20)16-28-10-4-6-19(28)23-25-22(26-31-23)17-8-9-21(24-15-17)27-11-13-30-14-12-27/h2-3,5,7-9,15,19H,4,6,10-14,16H2,1H3/t19-/m0/s1. The summed E-state index contributed by atoms with van der Waals surface area (Å²) in [6.07, 6.45) is 3.93. The third-order valence-corrected chi connectivity index (χ3v) is 6.00. The molecule has 2 aliphatic heterocycles. The molecular formula is C23H27N5O3. The molecule has 1 atom stereocenters. The Morgan fingerprint density at radius 2 is 1.97 bits per heavy atom. The summed E-state index contributed by atoms with van der Waals surface area (Å²) in [5.74, 6) is 3.11. The minimum Gasteiger partial charge on any atom is -0.496 e. The minimum absolute atomic E-state index is 0.117. The van der Waals surface area contributed by atoms with Gasteiger partial charge in [0.15, 0.2) is 0 Å². The number of methoxy groups -OCH3 is 1. The molecule has 0 radical (unpaired) electrons. The molecule has 8 heteroatoms. The fraction of sp³-hybridized carbons (Fsp3) is 0.435. The molecule has 8 nitrogen and oxygen atoms in total. The Kier molecular flexibility index (Phi) is 5.82. The van der Waals surface area contributed by atoms with Gasteiger partial charge in [-0.15, -0.1) is 0 Å². The van der Waals surface area contributed by atoms with Crippen molar-refractivity contribution in [3.63, 3.8) is 0 Å². The predicted octanol–water partition coefficient (Wildman–Crippen LogP) is 3.31. The summed E-state index contributed by atoms with van der Waals surface area (Å²) in [6.45, 7) is 5.00.